The minimum atomic E-state index is 0.414. The van der Waals surface area contributed by atoms with Crippen molar-refractivity contribution in [3.63, 3.8) is 0 Å². The summed E-state index contributed by atoms with van der Waals surface area (Å²) in [5.74, 6) is 1.60. The zero-order valence-corrected chi connectivity index (χ0v) is 12.3. The summed E-state index contributed by atoms with van der Waals surface area (Å²) in [4.78, 5) is 0. The molecule has 1 N–H and O–H groups in total. The van der Waals surface area contributed by atoms with Gasteiger partial charge in [-0.3, -0.25) is 0 Å². The van der Waals surface area contributed by atoms with Gasteiger partial charge in [0, 0.05) is 12.1 Å². The van der Waals surface area contributed by atoms with Gasteiger partial charge in [0.25, 0.3) is 0 Å². The number of hydrogen-bond donors (Lipinski definition) is 1. The van der Waals surface area contributed by atoms with Crippen molar-refractivity contribution in [2.45, 2.75) is 39.3 Å². The van der Waals surface area contributed by atoms with Crippen molar-refractivity contribution in [3.8, 4) is 5.75 Å². The summed E-state index contributed by atoms with van der Waals surface area (Å²) < 4.78 is 10.8. The van der Waals surface area contributed by atoms with Crippen LogP contribution in [0.5, 0.6) is 5.75 Å². The summed E-state index contributed by atoms with van der Waals surface area (Å²) in [5.41, 5.74) is 2.20. The summed E-state index contributed by atoms with van der Waals surface area (Å²) in [6.45, 7) is 4.50. The van der Waals surface area contributed by atoms with E-state index in [4.69, 9.17) is 9.26 Å². The lowest BCUT2D eigenvalue weighted by Gasteiger charge is -2.10. The van der Waals surface area contributed by atoms with Gasteiger partial charge in [0.05, 0.1) is 5.69 Å². The third-order valence-electron chi connectivity index (χ3n) is 3.34. The lowest BCUT2D eigenvalue weighted by molar-refractivity contribution is 0.248. The van der Waals surface area contributed by atoms with Crippen molar-refractivity contribution < 1.29 is 9.26 Å². The zero-order chi connectivity index (χ0) is 14.4. The number of aromatic nitrogens is 1. The molecule has 0 spiro atoms. The van der Waals surface area contributed by atoms with Gasteiger partial charge in [0.1, 0.15) is 12.4 Å². The molecule has 1 atom stereocenters. The molecule has 0 bridgehead atoms. The van der Waals surface area contributed by atoms with E-state index in [1.165, 1.54) is 5.56 Å². The molecule has 1 unspecified atom stereocenters. The molecule has 4 heteroatoms. The predicted molar refractivity (Wildman–Crippen MR) is 78.9 cm³/mol. The lowest BCUT2D eigenvalue weighted by atomic mass is 10.1. The fourth-order valence-electron chi connectivity index (χ4n) is 1.92. The maximum absolute atomic E-state index is 5.66. The quantitative estimate of drug-likeness (QED) is 0.842. The SMILES string of the molecule is CNC(C)CCc1ccc(OCc2cc(C)no2)cc1. The molecule has 1 aromatic carbocycles. The Morgan fingerprint density at radius 1 is 1.30 bits per heavy atom. The van der Waals surface area contributed by atoms with Crippen LogP contribution in [0.25, 0.3) is 0 Å². The summed E-state index contributed by atoms with van der Waals surface area (Å²) in [7, 11) is 1.99. The van der Waals surface area contributed by atoms with Crippen LogP contribution in [0.4, 0.5) is 0 Å². The Kier molecular flexibility index (Phi) is 5.18. The number of rotatable bonds is 7. The molecule has 0 aliphatic heterocycles. The van der Waals surface area contributed by atoms with Crippen LogP contribution in [-0.4, -0.2) is 18.2 Å². The number of benzene rings is 1. The highest BCUT2D eigenvalue weighted by Gasteiger charge is 2.03. The average Bonchev–Trinajstić information content (AvgIpc) is 2.89. The van der Waals surface area contributed by atoms with Crippen molar-refractivity contribution >= 4 is 0 Å². The first-order valence-electron chi connectivity index (χ1n) is 6.98. The Hall–Kier alpha value is -1.81. The second kappa shape index (κ2) is 7.10. The molecule has 2 aromatic rings. The Labute approximate surface area is 120 Å². The molecule has 0 saturated carbocycles. The Balaban J connectivity index is 1.82. The molecule has 0 amide bonds. The highest BCUT2D eigenvalue weighted by atomic mass is 16.5. The number of ether oxygens (including phenoxy) is 1. The van der Waals surface area contributed by atoms with Crippen LogP contribution in [0.2, 0.25) is 0 Å². The van der Waals surface area contributed by atoms with E-state index in [9.17, 15) is 0 Å². The smallest absolute Gasteiger partial charge is 0.174 e. The van der Waals surface area contributed by atoms with Crippen LogP contribution >= 0.6 is 0 Å². The van der Waals surface area contributed by atoms with Gasteiger partial charge in [0.15, 0.2) is 5.76 Å². The van der Waals surface area contributed by atoms with Crippen LogP contribution in [0.3, 0.4) is 0 Å². The van der Waals surface area contributed by atoms with Gasteiger partial charge >= 0.3 is 0 Å². The summed E-state index contributed by atoms with van der Waals surface area (Å²) in [5, 5.41) is 7.08. The van der Waals surface area contributed by atoms with Crippen molar-refractivity contribution in [1.29, 1.82) is 0 Å². The largest absolute Gasteiger partial charge is 0.486 e. The maximum atomic E-state index is 5.66. The third kappa shape index (κ3) is 4.38. The van der Waals surface area contributed by atoms with Gasteiger partial charge < -0.3 is 14.6 Å². The standard InChI is InChI=1S/C16H22N2O2/c1-12(17-3)4-5-14-6-8-15(9-7-14)19-11-16-10-13(2)18-20-16/h6-10,12,17H,4-5,11H2,1-3H3. The lowest BCUT2D eigenvalue weighted by Crippen LogP contribution is -2.21. The van der Waals surface area contributed by atoms with E-state index < -0.39 is 0 Å². The highest BCUT2D eigenvalue weighted by Crippen LogP contribution is 2.16. The van der Waals surface area contributed by atoms with E-state index >= 15 is 0 Å². The van der Waals surface area contributed by atoms with E-state index in [0.717, 1.165) is 30.0 Å². The van der Waals surface area contributed by atoms with Crippen LogP contribution in [-0.2, 0) is 13.0 Å². The van der Waals surface area contributed by atoms with Gasteiger partial charge in [-0.2, -0.15) is 0 Å². The Bertz CT molecular complexity index is 520. The van der Waals surface area contributed by atoms with E-state index in [0.29, 0.717) is 12.6 Å². The normalized spacial score (nSPS) is 12.3. The van der Waals surface area contributed by atoms with E-state index in [1.807, 2.05) is 32.2 Å². The second-order valence-electron chi connectivity index (χ2n) is 5.10. The van der Waals surface area contributed by atoms with Gasteiger partial charge in [-0.05, 0) is 51.4 Å². The van der Waals surface area contributed by atoms with Crippen LogP contribution < -0.4 is 10.1 Å². The van der Waals surface area contributed by atoms with Gasteiger partial charge in [0.2, 0.25) is 0 Å². The number of nitrogens with zero attached hydrogens (tertiary/aromatic N) is 1. The molecular formula is C16H22N2O2. The monoisotopic (exact) mass is 274 g/mol. The van der Waals surface area contributed by atoms with Crippen molar-refractivity contribution in [3.05, 3.63) is 47.3 Å². The molecule has 1 heterocycles. The zero-order valence-electron chi connectivity index (χ0n) is 12.3. The number of hydrogen-bond acceptors (Lipinski definition) is 4. The first kappa shape index (κ1) is 14.6. The van der Waals surface area contributed by atoms with Crippen LogP contribution in [0.15, 0.2) is 34.9 Å². The molecule has 4 nitrogen and oxygen atoms in total. The highest BCUT2D eigenvalue weighted by molar-refractivity contribution is 5.27. The molecule has 0 radical (unpaired) electrons. The Morgan fingerprint density at radius 3 is 2.65 bits per heavy atom. The van der Waals surface area contributed by atoms with Crippen LogP contribution in [0.1, 0.15) is 30.4 Å². The van der Waals surface area contributed by atoms with E-state index in [2.05, 4.69) is 29.5 Å². The molecule has 1 aromatic heterocycles. The van der Waals surface area contributed by atoms with Gasteiger partial charge in [-0.25, -0.2) is 0 Å². The van der Waals surface area contributed by atoms with Gasteiger partial charge in [-0.15, -0.1) is 0 Å². The molecule has 0 aliphatic carbocycles. The van der Waals surface area contributed by atoms with Gasteiger partial charge in [-0.1, -0.05) is 17.3 Å². The minimum absolute atomic E-state index is 0.414. The number of nitrogens with one attached hydrogen (secondary N) is 1. The first-order chi connectivity index (χ1) is 9.67. The topological polar surface area (TPSA) is 47.3 Å². The molecule has 2 rings (SSSR count). The van der Waals surface area contributed by atoms with E-state index in [1.54, 1.807) is 0 Å². The molecule has 0 fully saturated rings. The summed E-state index contributed by atoms with van der Waals surface area (Å²) >= 11 is 0. The van der Waals surface area contributed by atoms with Crippen molar-refractivity contribution in [2.24, 2.45) is 0 Å². The minimum Gasteiger partial charge on any atom is -0.486 e. The first-order valence-corrected chi connectivity index (χ1v) is 6.98. The Morgan fingerprint density at radius 2 is 2.05 bits per heavy atom. The fourth-order valence-corrected chi connectivity index (χ4v) is 1.92. The predicted octanol–water partition coefficient (Wildman–Crippen LogP) is 3.10. The van der Waals surface area contributed by atoms with Crippen molar-refractivity contribution in [1.82, 2.24) is 10.5 Å². The summed E-state index contributed by atoms with van der Waals surface area (Å²) in [6.07, 6.45) is 2.21. The van der Waals surface area contributed by atoms with Crippen LogP contribution in [0, 0.1) is 6.92 Å². The molecule has 0 aliphatic rings. The molecule has 20 heavy (non-hydrogen) atoms. The molecular weight excluding hydrogens is 252 g/mol. The molecule has 0 saturated heterocycles. The summed E-state index contributed by atoms with van der Waals surface area (Å²) in [6, 6.07) is 10.7. The average molecular weight is 274 g/mol. The number of aryl methyl sites for hydroxylation is 2. The van der Waals surface area contributed by atoms with Crippen molar-refractivity contribution in [2.75, 3.05) is 7.05 Å². The fraction of sp³-hybridized carbons (Fsp3) is 0.438. The molecule has 108 valence electrons. The van der Waals surface area contributed by atoms with E-state index in [-0.39, 0.29) is 0 Å². The third-order valence-corrected chi connectivity index (χ3v) is 3.34. The maximum Gasteiger partial charge on any atom is 0.174 e. The second-order valence-corrected chi connectivity index (χ2v) is 5.10.